The molecule has 5 heteroatoms. The molecule has 4 rings (SSSR count). The van der Waals surface area contributed by atoms with Gasteiger partial charge in [-0.15, -0.1) is 0 Å². The monoisotopic (exact) mass is 466 g/mol. The molecule has 2 atom stereocenters. The summed E-state index contributed by atoms with van der Waals surface area (Å²) < 4.78 is 54.3. The molecule has 1 aliphatic rings. The summed E-state index contributed by atoms with van der Waals surface area (Å²) in [7, 11) is 1.29. The first kappa shape index (κ1) is 24.1. The molecule has 0 saturated carbocycles. The van der Waals surface area contributed by atoms with E-state index in [-0.39, 0.29) is 23.2 Å². The number of allylic oxidation sites excluding steroid dienone is 2. The number of benzene rings is 3. The first-order valence-electron chi connectivity index (χ1n) is 11.7. The zero-order chi connectivity index (χ0) is 24.1. The summed E-state index contributed by atoms with van der Waals surface area (Å²) >= 11 is 0. The predicted molar refractivity (Wildman–Crippen MR) is 129 cm³/mol. The minimum Gasteiger partial charge on any atom is -0.494 e. The predicted octanol–water partition coefficient (Wildman–Crippen LogP) is 8.27. The van der Waals surface area contributed by atoms with Crippen LogP contribution >= 0.6 is 0 Å². The highest BCUT2D eigenvalue weighted by Crippen LogP contribution is 2.36. The molecule has 0 spiro atoms. The first-order chi connectivity index (χ1) is 16.5. The minimum atomic E-state index is -1.02. The number of ether oxygens (including phenoxy) is 2. The quantitative estimate of drug-likeness (QED) is 0.326. The Morgan fingerprint density at radius 1 is 0.912 bits per heavy atom. The highest BCUT2D eigenvalue weighted by atomic mass is 19.2. The molecule has 1 saturated heterocycles. The average Bonchev–Trinajstić information content (AvgIpc) is 2.86. The van der Waals surface area contributed by atoms with E-state index in [1.807, 2.05) is 13.0 Å². The van der Waals surface area contributed by atoms with E-state index in [1.165, 1.54) is 25.3 Å². The number of hydrogen-bond donors (Lipinski definition) is 0. The van der Waals surface area contributed by atoms with Gasteiger partial charge in [-0.25, -0.2) is 8.78 Å². The van der Waals surface area contributed by atoms with Crippen molar-refractivity contribution < 1.29 is 22.6 Å². The molecule has 0 radical (unpaired) electrons. The molecule has 0 aromatic heterocycles. The van der Waals surface area contributed by atoms with Gasteiger partial charge in [0.2, 0.25) is 5.82 Å². The van der Waals surface area contributed by atoms with Crippen LogP contribution in [0.15, 0.2) is 66.7 Å². The Labute approximate surface area is 199 Å². The Hall–Kier alpha value is -3.05. The van der Waals surface area contributed by atoms with Crippen molar-refractivity contribution in [3.8, 4) is 28.0 Å². The maximum absolute atomic E-state index is 15.0. The summed E-state index contributed by atoms with van der Waals surface area (Å²) in [6.07, 6.45) is 8.01. The molecule has 2 nitrogen and oxygen atoms in total. The van der Waals surface area contributed by atoms with E-state index < -0.39 is 11.6 Å². The van der Waals surface area contributed by atoms with Crippen molar-refractivity contribution in [1.82, 2.24) is 0 Å². The zero-order valence-electron chi connectivity index (χ0n) is 19.5. The molecule has 0 N–H and O–H groups in total. The summed E-state index contributed by atoms with van der Waals surface area (Å²) in [6.45, 7) is 2.68. The van der Waals surface area contributed by atoms with Gasteiger partial charge in [0.25, 0.3) is 0 Å². The van der Waals surface area contributed by atoms with E-state index in [2.05, 4.69) is 12.2 Å². The van der Waals surface area contributed by atoms with Crippen LogP contribution in [0.4, 0.5) is 13.2 Å². The fourth-order valence-electron chi connectivity index (χ4n) is 4.50. The number of rotatable bonds is 7. The van der Waals surface area contributed by atoms with Crippen molar-refractivity contribution in [3.63, 3.8) is 0 Å². The molecule has 178 valence electrons. The van der Waals surface area contributed by atoms with Gasteiger partial charge in [-0.1, -0.05) is 48.6 Å². The molecule has 0 aliphatic carbocycles. The minimum absolute atomic E-state index is 0.139. The molecule has 2 unspecified atom stereocenters. The lowest BCUT2D eigenvalue weighted by molar-refractivity contribution is -0.0207. The molecule has 3 aromatic rings. The van der Waals surface area contributed by atoms with Gasteiger partial charge in [0.1, 0.15) is 5.82 Å². The second-order valence-corrected chi connectivity index (χ2v) is 8.67. The molecular weight excluding hydrogens is 437 g/mol. The van der Waals surface area contributed by atoms with Gasteiger partial charge in [0.15, 0.2) is 11.6 Å². The van der Waals surface area contributed by atoms with Gasteiger partial charge in [0.05, 0.1) is 19.8 Å². The maximum Gasteiger partial charge on any atom is 0.201 e. The van der Waals surface area contributed by atoms with Gasteiger partial charge >= 0.3 is 0 Å². The normalized spacial score (nSPS) is 18.4. The molecule has 34 heavy (non-hydrogen) atoms. The van der Waals surface area contributed by atoms with E-state index in [1.54, 1.807) is 30.3 Å². The van der Waals surface area contributed by atoms with Crippen molar-refractivity contribution in [2.75, 3.05) is 13.7 Å². The van der Waals surface area contributed by atoms with Crippen LogP contribution in [0.3, 0.4) is 0 Å². The third kappa shape index (κ3) is 5.20. The van der Waals surface area contributed by atoms with Gasteiger partial charge < -0.3 is 9.47 Å². The van der Waals surface area contributed by atoms with Crippen LogP contribution in [0.2, 0.25) is 0 Å². The van der Waals surface area contributed by atoms with Crippen LogP contribution in [0.5, 0.6) is 5.75 Å². The van der Waals surface area contributed by atoms with Gasteiger partial charge in [-0.05, 0) is 73.4 Å². The van der Waals surface area contributed by atoms with E-state index in [0.717, 1.165) is 31.2 Å². The number of methoxy groups -OCH3 is 1. The van der Waals surface area contributed by atoms with Crippen molar-refractivity contribution in [1.29, 1.82) is 0 Å². The van der Waals surface area contributed by atoms with Crippen LogP contribution in [0, 0.1) is 23.4 Å². The summed E-state index contributed by atoms with van der Waals surface area (Å²) in [5.41, 5.74) is 2.76. The summed E-state index contributed by atoms with van der Waals surface area (Å²) in [6, 6.07) is 15.0. The van der Waals surface area contributed by atoms with E-state index >= 15 is 0 Å². The van der Waals surface area contributed by atoms with Crippen molar-refractivity contribution >= 4 is 0 Å². The van der Waals surface area contributed by atoms with Crippen LogP contribution in [0.25, 0.3) is 22.3 Å². The molecule has 3 aromatic carbocycles. The topological polar surface area (TPSA) is 18.5 Å². The third-order valence-electron chi connectivity index (χ3n) is 6.49. The third-order valence-corrected chi connectivity index (χ3v) is 6.49. The Kier molecular flexibility index (Phi) is 7.73. The number of hydrogen-bond acceptors (Lipinski definition) is 2. The largest absolute Gasteiger partial charge is 0.494 e. The van der Waals surface area contributed by atoms with Gasteiger partial charge in [0, 0.05) is 11.1 Å². The lowest BCUT2D eigenvalue weighted by atomic mass is 9.90. The smallest absolute Gasteiger partial charge is 0.201 e. The first-order valence-corrected chi connectivity index (χ1v) is 11.7. The molecule has 1 aliphatic heterocycles. The van der Waals surface area contributed by atoms with Gasteiger partial charge in [-0.3, -0.25) is 0 Å². The number of halogens is 3. The summed E-state index contributed by atoms with van der Waals surface area (Å²) in [5.74, 6) is -1.88. The zero-order valence-corrected chi connectivity index (χ0v) is 19.5. The van der Waals surface area contributed by atoms with Gasteiger partial charge in [-0.2, -0.15) is 4.39 Å². The van der Waals surface area contributed by atoms with E-state index in [0.29, 0.717) is 29.2 Å². The van der Waals surface area contributed by atoms with Crippen LogP contribution in [-0.2, 0) is 4.74 Å². The van der Waals surface area contributed by atoms with Crippen LogP contribution in [-0.4, -0.2) is 13.7 Å². The van der Waals surface area contributed by atoms with E-state index in [9.17, 15) is 13.2 Å². The van der Waals surface area contributed by atoms with Crippen molar-refractivity contribution in [2.24, 2.45) is 5.92 Å². The lowest BCUT2D eigenvalue weighted by Crippen LogP contribution is -2.21. The molecule has 1 fully saturated rings. The SMILES string of the molecule is CC=CCCC1CCC(c2ccc(-c3ccc(-c4ccc(OC)c(F)c4F)cc3)cc2F)OC1. The second kappa shape index (κ2) is 10.9. The van der Waals surface area contributed by atoms with Crippen LogP contribution in [0.1, 0.15) is 44.3 Å². The fourth-order valence-corrected chi connectivity index (χ4v) is 4.50. The summed E-state index contributed by atoms with van der Waals surface area (Å²) in [4.78, 5) is 0. The van der Waals surface area contributed by atoms with Crippen molar-refractivity contribution in [2.45, 2.75) is 38.7 Å². The Bertz CT molecular complexity index is 1150. The van der Waals surface area contributed by atoms with E-state index in [4.69, 9.17) is 9.47 Å². The van der Waals surface area contributed by atoms with Crippen LogP contribution < -0.4 is 4.74 Å². The Morgan fingerprint density at radius 2 is 1.65 bits per heavy atom. The molecule has 0 amide bonds. The molecule has 0 bridgehead atoms. The fraction of sp³-hybridized carbons (Fsp3) is 0.310. The highest BCUT2D eigenvalue weighted by Gasteiger charge is 2.25. The lowest BCUT2D eigenvalue weighted by Gasteiger charge is -2.29. The Morgan fingerprint density at radius 3 is 2.29 bits per heavy atom. The highest BCUT2D eigenvalue weighted by molar-refractivity contribution is 5.71. The average molecular weight is 467 g/mol. The van der Waals surface area contributed by atoms with Crippen molar-refractivity contribution in [3.05, 3.63) is 89.8 Å². The summed E-state index contributed by atoms with van der Waals surface area (Å²) in [5, 5.41) is 0. The second-order valence-electron chi connectivity index (χ2n) is 8.67. The molecule has 1 heterocycles. The maximum atomic E-state index is 15.0. The molecular formula is C29H29F3O2. The standard InChI is InChI=1S/C29H29F3O2/c1-3-4-5-6-19-7-15-26(34-18-19)24-13-12-22(17-25(24)30)20-8-10-21(11-9-20)23-14-16-27(33-2)29(32)28(23)31/h3-4,8-14,16-17,19,26H,5-7,15,18H2,1-2H3. The Balaban J connectivity index is 1.46.